The van der Waals surface area contributed by atoms with Gasteiger partial charge in [0.1, 0.15) is 5.76 Å². The Kier molecular flexibility index (Phi) is 3.35. The van der Waals surface area contributed by atoms with Gasteiger partial charge in [-0.3, -0.25) is 4.90 Å². The van der Waals surface area contributed by atoms with Crippen LogP contribution in [0, 0.1) is 6.92 Å². The van der Waals surface area contributed by atoms with Crippen molar-refractivity contribution in [2.24, 2.45) is 5.73 Å². The number of hydrogen-bond donors (Lipinski definition) is 1. The van der Waals surface area contributed by atoms with Gasteiger partial charge in [-0.1, -0.05) is 17.7 Å². The van der Waals surface area contributed by atoms with Crippen molar-refractivity contribution < 1.29 is 4.42 Å². The highest BCUT2D eigenvalue weighted by Gasteiger charge is 2.31. The first kappa shape index (κ1) is 12.7. The molecule has 1 atom stereocenters. The van der Waals surface area contributed by atoms with E-state index in [0.29, 0.717) is 6.54 Å². The van der Waals surface area contributed by atoms with Crippen LogP contribution in [0.5, 0.6) is 0 Å². The highest BCUT2D eigenvalue weighted by Crippen LogP contribution is 2.38. The summed E-state index contributed by atoms with van der Waals surface area (Å²) in [7, 11) is 0. The van der Waals surface area contributed by atoms with Crippen LogP contribution in [0.1, 0.15) is 28.5 Å². The summed E-state index contributed by atoms with van der Waals surface area (Å²) < 4.78 is 5.43. The molecule has 2 aromatic rings. The van der Waals surface area contributed by atoms with Crippen molar-refractivity contribution in [3.8, 4) is 0 Å². The first-order valence-electron chi connectivity index (χ1n) is 6.45. The van der Waals surface area contributed by atoms with Gasteiger partial charge in [0.25, 0.3) is 0 Å². The highest BCUT2D eigenvalue weighted by atomic mass is 35.5. The lowest BCUT2D eigenvalue weighted by Gasteiger charge is -2.22. The summed E-state index contributed by atoms with van der Waals surface area (Å²) in [5.74, 6) is 0.968. The summed E-state index contributed by atoms with van der Waals surface area (Å²) in [4.78, 5) is 2.34. The first-order valence-corrected chi connectivity index (χ1v) is 6.83. The van der Waals surface area contributed by atoms with Crippen LogP contribution in [0.15, 0.2) is 34.9 Å². The molecule has 1 aromatic heterocycles. The van der Waals surface area contributed by atoms with E-state index in [1.54, 1.807) is 6.26 Å². The van der Waals surface area contributed by atoms with Crippen LogP contribution in [-0.2, 0) is 13.1 Å². The van der Waals surface area contributed by atoms with Gasteiger partial charge in [0.2, 0.25) is 0 Å². The van der Waals surface area contributed by atoms with E-state index in [1.807, 2.05) is 18.2 Å². The molecule has 2 heterocycles. The molecule has 0 radical (unpaired) electrons. The highest BCUT2D eigenvalue weighted by molar-refractivity contribution is 6.31. The van der Waals surface area contributed by atoms with Crippen LogP contribution in [-0.4, -0.2) is 11.4 Å². The van der Waals surface area contributed by atoms with Gasteiger partial charge < -0.3 is 10.2 Å². The minimum Gasteiger partial charge on any atom is -0.468 e. The monoisotopic (exact) mass is 276 g/mol. The first-order chi connectivity index (χ1) is 9.20. The van der Waals surface area contributed by atoms with Crippen molar-refractivity contribution in [2.45, 2.75) is 26.1 Å². The fourth-order valence-electron chi connectivity index (χ4n) is 2.83. The summed E-state index contributed by atoms with van der Waals surface area (Å²) in [5.41, 5.74) is 9.73. The van der Waals surface area contributed by atoms with Gasteiger partial charge in [0.15, 0.2) is 0 Å². The molecule has 1 aromatic carbocycles. The predicted molar refractivity (Wildman–Crippen MR) is 75.9 cm³/mol. The molecule has 19 heavy (non-hydrogen) atoms. The fourth-order valence-corrected chi connectivity index (χ4v) is 3.00. The molecule has 1 unspecified atom stereocenters. The normalized spacial score (nSPS) is 18.8. The maximum atomic E-state index is 6.21. The molecule has 0 saturated carbocycles. The SMILES string of the molecule is Cc1c(Cl)ccc2c1CN(Cc1ccco1)C2CN. The smallest absolute Gasteiger partial charge is 0.117 e. The van der Waals surface area contributed by atoms with Crippen LogP contribution in [0.2, 0.25) is 5.02 Å². The second-order valence-corrected chi connectivity index (χ2v) is 5.38. The topological polar surface area (TPSA) is 42.4 Å². The second kappa shape index (κ2) is 5.00. The number of benzene rings is 1. The number of furan rings is 1. The third-order valence-electron chi connectivity index (χ3n) is 3.89. The van der Waals surface area contributed by atoms with E-state index in [2.05, 4.69) is 17.9 Å². The summed E-state index contributed by atoms with van der Waals surface area (Å²) in [6, 6.07) is 8.23. The molecule has 3 rings (SSSR count). The van der Waals surface area contributed by atoms with Crippen LogP contribution in [0.25, 0.3) is 0 Å². The van der Waals surface area contributed by atoms with Crippen molar-refractivity contribution in [3.63, 3.8) is 0 Å². The van der Waals surface area contributed by atoms with E-state index in [4.69, 9.17) is 21.8 Å². The molecule has 1 aliphatic rings. The Bertz CT molecular complexity index is 580. The lowest BCUT2D eigenvalue weighted by molar-refractivity contribution is 0.194. The van der Waals surface area contributed by atoms with Gasteiger partial charge in [0, 0.05) is 24.2 Å². The standard InChI is InChI=1S/C15H17ClN2O/c1-10-13-9-18(8-11-3-2-6-19-11)15(7-17)12(13)4-5-14(10)16/h2-6,15H,7-9,17H2,1H3. The van der Waals surface area contributed by atoms with Gasteiger partial charge in [-0.05, 0) is 41.8 Å². The number of nitrogens with two attached hydrogens (primary N) is 1. The van der Waals surface area contributed by atoms with Crippen molar-refractivity contribution in [3.05, 3.63) is 58.0 Å². The summed E-state index contributed by atoms with van der Waals surface area (Å²) in [5, 5.41) is 0.828. The summed E-state index contributed by atoms with van der Waals surface area (Å²) in [6.45, 7) is 4.34. The average molecular weight is 277 g/mol. The maximum Gasteiger partial charge on any atom is 0.117 e. The van der Waals surface area contributed by atoms with Crippen LogP contribution < -0.4 is 5.73 Å². The Morgan fingerprint density at radius 1 is 1.42 bits per heavy atom. The fraction of sp³-hybridized carbons (Fsp3) is 0.333. The predicted octanol–water partition coefficient (Wildman–Crippen LogP) is 3.26. The molecule has 4 heteroatoms. The van der Waals surface area contributed by atoms with E-state index in [0.717, 1.165) is 23.9 Å². The van der Waals surface area contributed by atoms with E-state index in [-0.39, 0.29) is 6.04 Å². The molecule has 0 bridgehead atoms. The van der Waals surface area contributed by atoms with Gasteiger partial charge in [-0.15, -0.1) is 0 Å². The third-order valence-corrected chi connectivity index (χ3v) is 4.30. The Hall–Kier alpha value is -1.29. The Balaban J connectivity index is 1.92. The van der Waals surface area contributed by atoms with Crippen molar-refractivity contribution >= 4 is 11.6 Å². The molecular weight excluding hydrogens is 260 g/mol. The van der Waals surface area contributed by atoms with Crippen molar-refractivity contribution in [2.75, 3.05) is 6.54 Å². The number of halogens is 1. The zero-order valence-corrected chi connectivity index (χ0v) is 11.7. The van der Waals surface area contributed by atoms with Gasteiger partial charge in [0.05, 0.1) is 12.8 Å². The third kappa shape index (κ3) is 2.18. The number of hydrogen-bond acceptors (Lipinski definition) is 3. The van der Waals surface area contributed by atoms with Crippen LogP contribution in [0.3, 0.4) is 0 Å². The molecule has 0 aliphatic carbocycles. The number of rotatable bonds is 3. The zero-order valence-electron chi connectivity index (χ0n) is 10.9. The molecule has 1 aliphatic heterocycles. The number of nitrogens with zero attached hydrogens (tertiary/aromatic N) is 1. The van der Waals surface area contributed by atoms with Crippen LogP contribution in [0.4, 0.5) is 0 Å². The minimum atomic E-state index is 0.246. The Labute approximate surface area is 118 Å². The minimum absolute atomic E-state index is 0.246. The Morgan fingerprint density at radius 2 is 2.26 bits per heavy atom. The molecule has 0 amide bonds. The van der Waals surface area contributed by atoms with Gasteiger partial charge in [-0.25, -0.2) is 0 Å². The molecule has 100 valence electrons. The molecule has 3 nitrogen and oxygen atoms in total. The van der Waals surface area contributed by atoms with E-state index in [9.17, 15) is 0 Å². The van der Waals surface area contributed by atoms with Gasteiger partial charge in [-0.2, -0.15) is 0 Å². The molecule has 0 spiro atoms. The molecule has 0 fully saturated rings. The lowest BCUT2D eigenvalue weighted by atomic mass is 10.0. The van der Waals surface area contributed by atoms with E-state index < -0.39 is 0 Å². The second-order valence-electron chi connectivity index (χ2n) is 4.98. The average Bonchev–Trinajstić information content (AvgIpc) is 3.02. The quantitative estimate of drug-likeness (QED) is 0.936. The maximum absolute atomic E-state index is 6.21. The summed E-state index contributed by atoms with van der Waals surface area (Å²) in [6.07, 6.45) is 1.71. The van der Waals surface area contributed by atoms with E-state index in [1.165, 1.54) is 16.7 Å². The van der Waals surface area contributed by atoms with Crippen molar-refractivity contribution in [1.29, 1.82) is 0 Å². The number of fused-ring (bicyclic) bond motifs is 1. The van der Waals surface area contributed by atoms with Crippen LogP contribution >= 0.6 is 11.6 Å². The summed E-state index contributed by atoms with van der Waals surface area (Å²) >= 11 is 6.21. The van der Waals surface area contributed by atoms with Crippen molar-refractivity contribution in [1.82, 2.24) is 4.90 Å². The lowest BCUT2D eigenvalue weighted by Crippen LogP contribution is -2.27. The molecule has 2 N–H and O–H groups in total. The van der Waals surface area contributed by atoms with E-state index >= 15 is 0 Å². The zero-order chi connectivity index (χ0) is 13.4. The largest absolute Gasteiger partial charge is 0.468 e. The Morgan fingerprint density at radius 3 is 2.95 bits per heavy atom. The molecular formula is C15H17ClN2O. The van der Waals surface area contributed by atoms with Gasteiger partial charge >= 0.3 is 0 Å². The molecule has 0 saturated heterocycles.